The molecule has 0 fully saturated rings. The number of anilines is 1. The molecule has 1 amide bonds. The van der Waals surface area contributed by atoms with Crippen LogP contribution in [0, 0.1) is 23.7 Å². The fourth-order valence-electron chi connectivity index (χ4n) is 2.47. The van der Waals surface area contributed by atoms with Gasteiger partial charge in [-0.15, -0.1) is 11.5 Å². The van der Waals surface area contributed by atoms with E-state index in [1.54, 1.807) is 23.0 Å². The van der Waals surface area contributed by atoms with Crippen molar-refractivity contribution in [1.82, 2.24) is 9.78 Å². The van der Waals surface area contributed by atoms with Gasteiger partial charge >= 0.3 is 0 Å². The molecule has 1 aromatic rings. The van der Waals surface area contributed by atoms with Gasteiger partial charge in [0.05, 0.1) is 23.8 Å². The van der Waals surface area contributed by atoms with Crippen molar-refractivity contribution >= 4 is 28.8 Å². The van der Waals surface area contributed by atoms with Gasteiger partial charge in [0.2, 0.25) is 5.91 Å². The third kappa shape index (κ3) is 3.85. The second-order valence-corrected chi connectivity index (χ2v) is 5.22. The fraction of sp³-hybridized carbons (Fsp3) is 0.222. The minimum atomic E-state index is -0.272. The summed E-state index contributed by atoms with van der Waals surface area (Å²) in [5, 5.41) is 15.9. The molecule has 0 atom stereocenters. The number of nitrogens with zero attached hydrogens (tertiary/aromatic N) is 4. The van der Waals surface area contributed by atoms with Crippen molar-refractivity contribution in [2.24, 2.45) is 10.7 Å². The monoisotopic (exact) mass is 334 g/mol. The average Bonchev–Trinajstić information content (AvgIpc) is 2.98. The first kappa shape index (κ1) is 17.8. The van der Waals surface area contributed by atoms with E-state index in [0.29, 0.717) is 41.3 Å². The van der Waals surface area contributed by atoms with Crippen LogP contribution >= 0.6 is 0 Å². The van der Waals surface area contributed by atoms with Gasteiger partial charge in [0.25, 0.3) is 0 Å². The second-order valence-electron chi connectivity index (χ2n) is 5.22. The Hall–Kier alpha value is -3.58. The maximum atomic E-state index is 11.5. The van der Waals surface area contributed by atoms with Crippen molar-refractivity contribution in [3.05, 3.63) is 36.1 Å². The van der Waals surface area contributed by atoms with Crippen molar-refractivity contribution in [2.45, 2.75) is 19.8 Å². The Morgan fingerprint density at radius 2 is 2.40 bits per heavy atom. The molecule has 0 unspecified atom stereocenters. The highest BCUT2D eigenvalue weighted by molar-refractivity contribution is 6.05. The third-order valence-electron chi connectivity index (χ3n) is 3.55. The van der Waals surface area contributed by atoms with Crippen molar-refractivity contribution in [3.8, 4) is 18.4 Å². The molecule has 7 nitrogen and oxygen atoms in total. The Morgan fingerprint density at radius 1 is 1.64 bits per heavy atom. The second kappa shape index (κ2) is 7.80. The molecule has 2 rings (SSSR count). The van der Waals surface area contributed by atoms with Gasteiger partial charge in [-0.2, -0.15) is 5.26 Å². The molecule has 7 heteroatoms. The quantitative estimate of drug-likeness (QED) is 0.802. The zero-order valence-electron chi connectivity index (χ0n) is 13.9. The standard InChI is InChI=1S/C18H18N6O/c1-4-13(7-6-9-19)15-11-24(23-18(15)22-12(3)25)16-8-10-21-17(20)14(16)5-2/h1,5,7,11H,2,6,8,10H2,3H3,(H2,20,21)(H,22,23,25)/b13-7+. The molecule has 25 heavy (non-hydrogen) atoms. The van der Waals surface area contributed by atoms with E-state index in [-0.39, 0.29) is 12.3 Å². The Morgan fingerprint density at radius 3 is 3.00 bits per heavy atom. The molecule has 0 radical (unpaired) electrons. The predicted octanol–water partition coefficient (Wildman–Crippen LogP) is 1.93. The van der Waals surface area contributed by atoms with Crippen molar-refractivity contribution in [1.29, 1.82) is 5.26 Å². The zero-order valence-corrected chi connectivity index (χ0v) is 13.9. The van der Waals surface area contributed by atoms with E-state index in [1.165, 1.54) is 6.92 Å². The van der Waals surface area contributed by atoms with Gasteiger partial charge < -0.3 is 11.1 Å². The lowest BCUT2D eigenvalue weighted by Gasteiger charge is -2.16. The number of rotatable bonds is 5. The molecule has 0 spiro atoms. The van der Waals surface area contributed by atoms with E-state index in [0.717, 1.165) is 5.70 Å². The lowest BCUT2D eigenvalue weighted by atomic mass is 10.1. The smallest absolute Gasteiger partial charge is 0.222 e. The molecular weight excluding hydrogens is 316 g/mol. The van der Waals surface area contributed by atoms with E-state index in [4.69, 9.17) is 17.4 Å². The summed E-state index contributed by atoms with van der Waals surface area (Å²) in [7, 11) is 0. The van der Waals surface area contributed by atoms with E-state index in [1.807, 2.05) is 6.07 Å². The highest BCUT2D eigenvalue weighted by Gasteiger charge is 2.19. The number of dihydropyridines is 1. The first-order valence-corrected chi connectivity index (χ1v) is 7.59. The average molecular weight is 334 g/mol. The van der Waals surface area contributed by atoms with Crippen molar-refractivity contribution in [2.75, 3.05) is 11.9 Å². The van der Waals surface area contributed by atoms with Crippen LogP contribution in [0.2, 0.25) is 0 Å². The number of nitrogens with one attached hydrogen (secondary N) is 1. The van der Waals surface area contributed by atoms with Crippen LogP contribution in [0.25, 0.3) is 11.3 Å². The van der Waals surface area contributed by atoms with Gasteiger partial charge in [0.15, 0.2) is 5.82 Å². The van der Waals surface area contributed by atoms with Crippen LogP contribution < -0.4 is 11.1 Å². The Labute approximate surface area is 146 Å². The largest absolute Gasteiger partial charge is 0.383 e. The minimum absolute atomic E-state index is 0.157. The van der Waals surface area contributed by atoms with E-state index < -0.39 is 0 Å². The summed E-state index contributed by atoms with van der Waals surface area (Å²) in [6.07, 6.45) is 11.3. The van der Waals surface area contributed by atoms with Gasteiger partial charge in [-0.25, -0.2) is 4.68 Å². The first-order valence-electron chi connectivity index (χ1n) is 7.59. The summed E-state index contributed by atoms with van der Waals surface area (Å²) in [5.74, 6) is 2.99. The topological polar surface area (TPSA) is 109 Å². The number of amides is 1. The van der Waals surface area contributed by atoms with E-state index >= 15 is 0 Å². The summed E-state index contributed by atoms with van der Waals surface area (Å²) in [6.45, 7) is 5.69. The van der Waals surface area contributed by atoms with Crippen LogP contribution in [-0.4, -0.2) is 28.1 Å². The molecule has 3 N–H and O–H groups in total. The summed E-state index contributed by atoms with van der Waals surface area (Å²) in [5.41, 5.74) is 8.48. The molecule has 126 valence electrons. The van der Waals surface area contributed by atoms with Crippen LogP contribution in [0.4, 0.5) is 5.82 Å². The molecule has 0 aliphatic carbocycles. The van der Waals surface area contributed by atoms with Crippen LogP contribution in [0.3, 0.4) is 0 Å². The lowest BCUT2D eigenvalue weighted by molar-refractivity contribution is -0.114. The number of carbonyl (C=O) groups is 1. The minimum Gasteiger partial charge on any atom is -0.383 e. The number of aromatic nitrogens is 2. The predicted molar refractivity (Wildman–Crippen MR) is 98.1 cm³/mol. The van der Waals surface area contributed by atoms with Crippen LogP contribution in [0.5, 0.6) is 0 Å². The molecule has 1 aromatic heterocycles. The van der Waals surface area contributed by atoms with Crippen molar-refractivity contribution in [3.63, 3.8) is 0 Å². The fourth-order valence-corrected chi connectivity index (χ4v) is 2.47. The van der Waals surface area contributed by atoms with Gasteiger partial charge in [0, 0.05) is 37.2 Å². The number of hydrogen-bond acceptors (Lipinski definition) is 5. The summed E-state index contributed by atoms with van der Waals surface area (Å²) in [6, 6.07) is 2.01. The maximum Gasteiger partial charge on any atom is 0.222 e. The summed E-state index contributed by atoms with van der Waals surface area (Å²) >= 11 is 0. The SMILES string of the molecule is C#C/C(=C\CC#N)c1cn(C2=C(C=C)C(N)=NCC2)nc1NC(C)=O. The maximum absolute atomic E-state index is 11.5. The number of allylic oxidation sites excluding steroid dienone is 2. The first-order chi connectivity index (χ1) is 12.0. The van der Waals surface area contributed by atoms with Crippen LogP contribution in [-0.2, 0) is 4.79 Å². The number of terminal acetylenes is 1. The number of hydrogen-bond donors (Lipinski definition) is 2. The molecule has 2 heterocycles. The Bertz CT molecular complexity index is 886. The number of nitriles is 1. The molecule has 0 saturated heterocycles. The van der Waals surface area contributed by atoms with Crippen LogP contribution in [0.15, 0.2) is 35.5 Å². The van der Waals surface area contributed by atoms with E-state index in [2.05, 4.69) is 27.9 Å². The van der Waals surface area contributed by atoms with Gasteiger partial charge in [0.1, 0.15) is 5.84 Å². The normalized spacial score (nSPS) is 14.4. The third-order valence-corrected chi connectivity index (χ3v) is 3.55. The number of amidine groups is 1. The highest BCUT2D eigenvalue weighted by atomic mass is 16.1. The molecule has 0 bridgehead atoms. The van der Waals surface area contributed by atoms with Crippen molar-refractivity contribution < 1.29 is 4.79 Å². The van der Waals surface area contributed by atoms with Gasteiger partial charge in [-0.1, -0.05) is 24.7 Å². The van der Waals surface area contributed by atoms with E-state index in [9.17, 15) is 4.79 Å². The zero-order chi connectivity index (χ0) is 18.4. The summed E-state index contributed by atoms with van der Waals surface area (Å²) < 4.78 is 1.62. The number of nitrogens with two attached hydrogens (primary N) is 1. The lowest BCUT2D eigenvalue weighted by Crippen LogP contribution is -2.21. The number of aliphatic imine (C=N–C) groups is 1. The molecular formula is C18H18N6O. The molecule has 0 saturated carbocycles. The Kier molecular flexibility index (Phi) is 5.54. The Balaban J connectivity index is 2.61. The molecule has 0 aromatic carbocycles. The van der Waals surface area contributed by atoms with Gasteiger partial charge in [-0.3, -0.25) is 9.79 Å². The highest BCUT2D eigenvalue weighted by Crippen LogP contribution is 2.27. The number of carbonyl (C=O) groups excluding carboxylic acids is 1. The van der Waals surface area contributed by atoms with Crippen LogP contribution in [0.1, 0.15) is 25.3 Å². The molecule has 1 aliphatic rings. The summed E-state index contributed by atoms with van der Waals surface area (Å²) in [4.78, 5) is 15.7. The molecule has 1 aliphatic heterocycles. The van der Waals surface area contributed by atoms with Gasteiger partial charge in [-0.05, 0) is 0 Å².